The molecule has 11 heteroatoms. The molecular formula is C33H48N6O5. The average Bonchev–Trinajstić information content (AvgIpc) is 3.61. The van der Waals surface area contributed by atoms with E-state index in [4.69, 9.17) is 0 Å². The van der Waals surface area contributed by atoms with E-state index in [2.05, 4.69) is 26.3 Å². The van der Waals surface area contributed by atoms with E-state index in [1.54, 1.807) is 0 Å². The summed E-state index contributed by atoms with van der Waals surface area (Å²) in [7, 11) is 0. The summed E-state index contributed by atoms with van der Waals surface area (Å²) in [6.07, 6.45) is 3.82. The summed E-state index contributed by atoms with van der Waals surface area (Å²) in [6, 6.07) is 3.26. The van der Waals surface area contributed by atoms with Crippen LogP contribution < -0.4 is 21.3 Å². The van der Waals surface area contributed by atoms with E-state index in [0.717, 1.165) is 16.5 Å². The van der Waals surface area contributed by atoms with Crippen molar-refractivity contribution in [3.8, 4) is 0 Å². The molecule has 0 radical (unpaired) electrons. The number of H-pyrrole nitrogens is 1. The molecule has 0 bridgehead atoms. The highest BCUT2D eigenvalue weighted by atomic mass is 16.2. The molecule has 240 valence electrons. The second-order valence-corrected chi connectivity index (χ2v) is 13.4. The number of benzene rings is 1. The Kier molecular flexibility index (Phi) is 10.7. The van der Waals surface area contributed by atoms with Gasteiger partial charge in [-0.3, -0.25) is 24.0 Å². The van der Waals surface area contributed by atoms with Gasteiger partial charge in [0.1, 0.15) is 30.2 Å². The molecule has 5 amide bonds. The summed E-state index contributed by atoms with van der Waals surface area (Å²) in [4.78, 5) is 73.7. The quantitative estimate of drug-likeness (QED) is 0.327. The first kappa shape index (κ1) is 33.0. The highest BCUT2D eigenvalue weighted by Crippen LogP contribution is 2.24. The molecule has 2 aromatic rings. The predicted molar refractivity (Wildman–Crippen MR) is 168 cm³/mol. The number of hydrogen-bond donors (Lipinski definition) is 5. The zero-order chi connectivity index (χ0) is 32.1. The molecule has 5 atom stereocenters. The van der Waals surface area contributed by atoms with Gasteiger partial charge in [0.15, 0.2) is 0 Å². The Morgan fingerprint density at radius 2 is 1.34 bits per heavy atom. The average molecular weight is 609 g/mol. The molecule has 0 aliphatic carbocycles. The second-order valence-electron chi connectivity index (χ2n) is 13.4. The summed E-state index contributed by atoms with van der Waals surface area (Å²) in [5, 5.41) is 12.5. The number of nitrogens with zero attached hydrogens (tertiary/aromatic N) is 1. The summed E-state index contributed by atoms with van der Waals surface area (Å²) in [6.45, 7) is 11.8. The largest absolute Gasteiger partial charge is 0.361 e. The Balaban J connectivity index is 1.75. The van der Waals surface area contributed by atoms with Crippen LogP contribution >= 0.6 is 0 Å². The van der Waals surface area contributed by atoms with Crippen molar-refractivity contribution in [1.29, 1.82) is 0 Å². The van der Waals surface area contributed by atoms with Crippen molar-refractivity contribution in [2.24, 2.45) is 17.8 Å². The number of amides is 5. The molecule has 0 unspecified atom stereocenters. The van der Waals surface area contributed by atoms with E-state index >= 15 is 0 Å². The molecule has 2 fully saturated rings. The Bertz CT molecular complexity index is 1370. The van der Waals surface area contributed by atoms with Crippen molar-refractivity contribution < 1.29 is 24.0 Å². The first-order valence-electron chi connectivity index (χ1n) is 15.9. The molecule has 11 nitrogen and oxygen atoms in total. The van der Waals surface area contributed by atoms with Gasteiger partial charge in [0.25, 0.3) is 0 Å². The number of carbonyl (C=O) groups is 5. The van der Waals surface area contributed by atoms with Crippen LogP contribution in [0.2, 0.25) is 0 Å². The fourth-order valence-corrected chi connectivity index (χ4v) is 6.22. The Labute approximate surface area is 259 Å². The van der Waals surface area contributed by atoms with Crippen molar-refractivity contribution in [3.63, 3.8) is 0 Å². The molecular weight excluding hydrogens is 560 g/mol. The van der Waals surface area contributed by atoms with Crippen LogP contribution in [0.4, 0.5) is 0 Å². The molecule has 2 saturated heterocycles. The van der Waals surface area contributed by atoms with Gasteiger partial charge in [-0.1, -0.05) is 59.7 Å². The van der Waals surface area contributed by atoms with E-state index in [1.165, 1.54) is 4.90 Å². The molecule has 44 heavy (non-hydrogen) atoms. The molecule has 2 aliphatic heterocycles. The van der Waals surface area contributed by atoms with Crippen LogP contribution in [-0.4, -0.2) is 76.2 Å². The Morgan fingerprint density at radius 1 is 0.750 bits per heavy atom. The number of carbonyl (C=O) groups excluding carboxylic acids is 5. The number of aromatic amines is 1. The fraction of sp³-hybridized carbons (Fsp3) is 0.606. The van der Waals surface area contributed by atoms with E-state index in [0.29, 0.717) is 32.2 Å². The highest BCUT2D eigenvalue weighted by Gasteiger charge is 2.41. The van der Waals surface area contributed by atoms with Crippen molar-refractivity contribution in [2.45, 2.75) is 104 Å². The van der Waals surface area contributed by atoms with Crippen molar-refractivity contribution in [1.82, 2.24) is 31.2 Å². The fourth-order valence-electron chi connectivity index (χ4n) is 6.22. The first-order chi connectivity index (χ1) is 20.8. The number of rotatable bonds is 7. The lowest BCUT2D eigenvalue weighted by molar-refractivity contribution is -0.142. The smallest absolute Gasteiger partial charge is 0.246 e. The molecule has 1 aromatic carbocycles. The van der Waals surface area contributed by atoms with Gasteiger partial charge in [0, 0.05) is 30.1 Å². The summed E-state index contributed by atoms with van der Waals surface area (Å²) in [5.41, 5.74) is 1.77. The summed E-state index contributed by atoms with van der Waals surface area (Å²) < 4.78 is 0. The predicted octanol–water partition coefficient (Wildman–Crippen LogP) is 2.40. The number of aromatic nitrogens is 1. The van der Waals surface area contributed by atoms with Crippen molar-refractivity contribution in [3.05, 3.63) is 36.0 Å². The first-order valence-corrected chi connectivity index (χ1v) is 15.9. The van der Waals surface area contributed by atoms with Crippen molar-refractivity contribution in [2.75, 3.05) is 6.54 Å². The van der Waals surface area contributed by atoms with Gasteiger partial charge in [-0.2, -0.15) is 0 Å². The number of hydrogen-bond acceptors (Lipinski definition) is 5. The zero-order valence-electron chi connectivity index (χ0n) is 26.7. The van der Waals surface area contributed by atoms with E-state index in [9.17, 15) is 24.0 Å². The van der Waals surface area contributed by atoms with Crippen LogP contribution in [0.25, 0.3) is 10.9 Å². The lowest BCUT2D eigenvalue weighted by Crippen LogP contribution is -2.59. The summed E-state index contributed by atoms with van der Waals surface area (Å²) in [5.74, 6) is -2.35. The van der Waals surface area contributed by atoms with Gasteiger partial charge in [-0.25, -0.2) is 0 Å². The molecule has 1 aromatic heterocycles. The SMILES string of the molecule is CC(C)C[C@@H]1NC(=O)[C@H](C(C)C)NC(=O)[C@H](CC(C)C)NC(=O)[C@@H]2CCCN2C(=O)[C@H](Cc2c[nH]c3ccccc23)NC1=O. The molecule has 5 N–H and O–H groups in total. The van der Waals surface area contributed by atoms with Gasteiger partial charge in [-0.05, 0) is 55.1 Å². The number of fused-ring (bicyclic) bond motifs is 2. The van der Waals surface area contributed by atoms with Crippen LogP contribution in [-0.2, 0) is 30.4 Å². The third-order valence-corrected chi connectivity index (χ3v) is 8.48. The minimum atomic E-state index is -0.973. The van der Waals surface area contributed by atoms with Crippen LogP contribution in [0.15, 0.2) is 30.5 Å². The lowest BCUT2D eigenvalue weighted by atomic mass is 9.98. The second kappa shape index (κ2) is 14.3. The molecule has 0 saturated carbocycles. The molecule has 4 rings (SSSR count). The van der Waals surface area contributed by atoms with Gasteiger partial charge in [-0.15, -0.1) is 0 Å². The van der Waals surface area contributed by atoms with E-state index < -0.39 is 53.8 Å². The third-order valence-electron chi connectivity index (χ3n) is 8.48. The molecule has 0 spiro atoms. The van der Waals surface area contributed by atoms with Crippen molar-refractivity contribution >= 4 is 40.4 Å². The monoisotopic (exact) mass is 608 g/mol. The van der Waals surface area contributed by atoms with E-state index in [1.807, 2.05) is 72.0 Å². The standard InChI is InChI=1S/C33H48N6O5/c1-18(2)14-24-29(40)37-26(16-21-17-34-23-11-8-7-10-22(21)23)33(44)39-13-9-12-27(39)31(42)35-25(15-19(3)4)30(41)38-28(20(5)6)32(43)36-24/h7-8,10-11,17-20,24-28,34H,9,12-16H2,1-6H3,(H,35,42)(H,36,43)(H,37,40)(H,38,41)/t24-,25-,26-,27-,28-/m0/s1. The minimum absolute atomic E-state index is 0.0585. The maximum atomic E-state index is 14.2. The van der Waals surface area contributed by atoms with Crippen LogP contribution in [0.5, 0.6) is 0 Å². The topological polar surface area (TPSA) is 152 Å². The van der Waals surface area contributed by atoms with Crippen LogP contribution in [0.3, 0.4) is 0 Å². The van der Waals surface area contributed by atoms with Crippen LogP contribution in [0, 0.1) is 17.8 Å². The molecule has 3 heterocycles. The molecule has 2 aliphatic rings. The summed E-state index contributed by atoms with van der Waals surface area (Å²) >= 11 is 0. The van der Waals surface area contributed by atoms with E-state index in [-0.39, 0.29) is 30.1 Å². The maximum absolute atomic E-state index is 14.2. The van der Waals surface area contributed by atoms with Crippen LogP contribution in [0.1, 0.15) is 72.8 Å². The van der Waals surface area contributed by atoms with Gasteiger partial charge in [0.2, 0.25) is 29.5 Å². The highest BCUT2D eigenvalue weighted by molar-refractivity contribution is 5.98. The number of para-hydroxylation sites is 1. The minimum Gasteiger partial charge on any atom is -0.361 e. The Morgan fingerprint density at radius 3 is 1.98 bits per heavy atom. The lowest BCUT2D eigenvalue weighted by Gasteiger charge is -2.30. The third kappa shape index (κ3) is 7.78. The van der Waals surface area contributed by atoms with Gasteiger partial charge < -0.3 is 31.2 Å². The van der Waals surface area contributed by atoms with Gasteiger partial charge in [0.05, 0.1) is 0 Å². The normalized spacial score (nSPS) is 25.9. The number of nitrogens with one attached hydrogen (secondary N) is 5. The van der Waals surface area contributed by atoms with Gasteiger partial charge >= 0.3 is 0 Å². The maximum Gasteiger partial charge on any atom is 0.246 e. The zero-order valence-corrected chi connectivity index (χ0v) is 26.7. The Hall–Kier alpha value is -3.89.